The molecule has 1 fully saturated rings. The molecule has 0 amide bonds. The number of aromatic nitrogens is 3. The van der Waals surface area contributed by atoms with Crippen molar-refractivity contribution in [2.24, 2.45) is 0 Å². The van der Waals surface area contributed by atoms with Gasteiger partial charge in [0.05, 0.1) is 17.6 Å². The molecule has 184 valence electrons. The summed E-state index contributed by atoms with van der Waals surface area (Å²) in [4.78, 5) is 22.9. The summed E-state index contributed by atoms with van der Waals surface area (Å²) < 4.78 is 64.9. The van der Waals surface area contributed by atoms with Crippen LogP contribution >= 0.6 is 0 Å². The highest BCUT2D eigenvalue weighted by atomic mass is 19.4. The number of alkyl halides is 3. The third kappa shape index (κ3) is 4.54. The van der Waals surface area contributed by atoms with Crippen molar-refractivity contribution >= 4 is 5.82 Å². The van der Waals surface area contributed by atoms with Crippen LogP contribution in [0.2, 0.25) is 0 Å². The van der Waals surface area contributed by atoms with E-state index in [2.05, 4.69) is 21.8 Å². The number of pyridine rings is 1. The predicted octanol–water partition coefficient (Wildman–Crippen LogP) is 4.93. The van der Waals surface area contributed by atoms with E-state index in [0.717, 1.165) is 37.7 Å². The number of rotatable bonds is 5. The van der Waals surface area contributed by atoms with Crippen LogP contribution in [-0.4, -0.2) is 26.6 Å². The number of ether oxygens (including phenoxy) is 2. The molecule has 2 aliphatic heterocycles. The molecule has 1 saturated heterocycles. The molecule has 0 aliphatic carbocycles. The first kappa shape index (κ1) is 23.1. The Morgan fingerprint density at radius 3 is 2.69 bits per heavy atom. The van der Waals surface area contributed by atoms with E-state index in [1.807, 2.05) is 0 Å². The van der Waals surface area contributed by atoms with Gasteiger partial charge in [-0.3, -0.25) is 4.57 Å². The second kappa shape index (κ2) is 8.54. The average molecular weight is 490 g/mol. The topological polar surface area (TPSA) is 69.5 Å². The molecular weight excluding hydrogens is 468 g/mol. The zero-order valence-electron chi connectivity index (χ0n) is 18.8. The molecular formula is C24H22F4N4O3. The van der Waals surface area contributed by atoms with Crippen molar-refractivity contribution in [3.63, 3.8) is 0 Å². The van der Waals surface area contributed by atoms with Gasteiger partial charge in [-0.2, -0.15) is 18.2 Å². The Morgan fingerprint density at radius 1 is 1.11 bits per heavy atom. The van der Waals surface area contributed by atoms with E-state index in [1.165, 1.54) is 12.3 Å². The van der Waals surface area contributed by atoms with Gasteiger partial charge in [0, 0.05) is 30.4 Å². The number of piperidine rings is 1. The summed E-state index contributed by atoms with van der Waals surface area (Å²) in [6, 6.07) is 7.22. The van der Waals surface area contributed by atoms with Gasteiger partial charge in [0.1, 0.15) is 24.0 Å². The number of nitrogens with zero attached hydrogens (tertiary/aromatic N) is 4. The third-order valence-electron chi connectivity index (χ3n) is 6.39. The highest BCUT2D eigenvalue weighted by molar-refractivity contribution is 5.49. The van der Waals surface area contributed by atoms with Gasteiger partial charge in [0.2, 0.25) is 11.8 Å². The number of hydrogen-bond acceptors (Lipinski definition) is 6. The second-order valence-corrected chi connectivity index (χ2v) is 8.96. The first-order valence-corrected chi connectivity index (χ1v) is 11.1. The standard InChI is InChI=1S/C24H22F4N4O3/c1-23-8-2-3-9-32(23)21-11-20(30-22(33)31(21)14-23)34-13-15-4-7-19(29-12-15)35-16-5-6-18(25)17(10-16)24(26,27)28/h4-7,10-12H,2-3,8-9,13-14H2,1H3. The van der Waals surface area contributed by atoms with Crippen molar-refractivity contribution < 1.29 is 27.0 Å². The fourth-order valence-electron chi connectivity index (χ4n) is 4.62. The van der Waals surface area contributed by atoms with Gasteiger partial charge < -0.3 is 14.4 Å². The Bertz CT molecular complexity index is 1310. The van der Waals surface area contributed by atoms with Crippen molar-refractivity contribution in [3.05, 3.63) is 70.0 Å². The van der Waals surface area contributed by atoms with Crippen LogP contribution in [0.1, 0.15) is 37.3 Å². The Balaban J connectivity index is 1.26. The van der Waals surface area contributed by atoms with E-state index in [-0.39, 0.29) is 35.3 Å². The molecule has 1 unspecified atom stereocenters. The SMILES string of the molecule is CC12CCCCN1c1cc(OCc3ccc(Oc4ccc(F)c(C(F)(F)F)c4)nc3)nc(=O)n1C2. The van der Waals surface area contributed by atoms with Crippen LogP contribution in [0.5, 0.6) is 17.5 Å². The number of benzene rings is 1. The predicted molar refractivity (Wildman–Crippen MR) is 118 cm³/mol. The van der Waals surface area contributed by atoms with Gasteiger partial charge in [-0.1, -0.05) is 0 Å². The lowest BCUT2D eigenvalue weighted by molar-refractivity contribution is -0.140. The van der Waals surface area contributed by atoms with Crippen LogP contribution in [0.4, 0.5) is 23.4 Å². The number of anilines is 1. The van der Waals surface area contributed by atoms with Crippen LogP contribution in [0.25, 0.3) is 0 Å². The van der Waals surface area contributed by atoms with Gasteiger partial charge in [0.15, 0.2) is 0 Å². The first-order valence-electron chi connectivity index (χ1n) is 11.1. The van der Waals surface area contributed by atoms with E-state index in [0.29, 0.717) is 24.2 Å². The van der Waals surface area contributed by atoms with E-state index >= 15 is 0 Å². The zero-order valence-corrected chi connectivity index (χ0v) is 18.8. The van der Waals surface area contributed by atoms with Crippen molar-refractivity contribution in [2.45, 2.75) is 51.1 Å². The first-order chi connectivity index (χ1) is 16.6. The van der Waals surface area contributed by atoms with E-state index in [4.69, 9.17) is 9.47 Å². The van der Waals surface area contributed by atoms with Crippen molar-refractivity contribution in [3.8, 4) is 17.5 Å². The normalized spacial score (nSPS) is 19.3. The molecule has 1 aromatic carbocycles. The molecule has 0 radical (unpaired) electrons. The molecule has 0 bridgehead atoms. The number of hydrogen-bond donors (Lipinski definition) is 0. The maximum absolute atomic E-state index is 13.4. The van der Waals surface area contributed by atoms with Crippen LogP contribution in [0.3, 0.4) is 0 Å². The lowest BCUT2D eigenvalue weighted by Gasteiger charge is -2.40. The summed E-state index contributed by atoms with van der Waals surface area (Å²) in [5.74, 6) is -0.520. The molecule has 0 saturated carbocycles. The number of halogens is 4. The van der Waals surface area contributed by atoms with Crippen molar-refractivity contribution in [1.82, 2.24) is 14.5 Å². The van der Waals surface area contributed by atoms with Gasteiger partial charge in [-0.05, 0) is 50.5 Å². The molecule has 2 aromatic heterocycles. The summed E-state index contributed by atoms with van der Waals surface area (Å²) in [6.45, 7) is 3.72. The fourth-order valence-corrected chi connectivity index (χ4v) is 4.62. The second-order valence-electron chi connectivity index (χ2n) is 8.96. The van der Waals surface area contributed by atoms with Crippen LogP contribution in [-0.2, 0) is 19.3 Å². The Labute approximate surface area is 197 Å². The molecule has 1 atom stereocenters. The molecule has 5 rings (SSSR count). The van der Waals surface area contributed by atoms with Gasteiger partial charge >= 0.3 is 11.9 Å². The summed E-state index contributed by atoms with van der Waals surface area (Å²) in [6.07, 6.45) is -0.189. The minimum absolute atomic E-state index is 0.0340. The average Bonchev–Trinajstić information content (AvgIpc) is 3.12. The highest BCUT2D eigenvalue weighted by Crippen LogP contribution is 2.40. The molecule has 35 heavy (non-hydrogen) atoms. The smallest absolute Gasteiger partial charge is 0.419 e. The maximum atomic E-state index is 13.4. The Hall–Kier alpha value is -3.63. The van der Waals surface area contributed by atoms with Crippen molar-refractivity contribution in [2.75, 3.05) is 11.4 Å². The Morgan fingerprint density at radius 2 is 1.94 bits per heavy atom. The monoisotopic (exact) mass is 490 g/mol. The lowest BCUT2D eigenvalue weighted by Crippen LogP contribution is -2.47. The zero-order chi connectivity index (χ0) is 24.8. The highest BCUT2D eigenvalue weighted by Gasteiger charge is 2.42. The molecule has 2 aliphatic rings. The lowest BCUT2D eigenvalue weighted by atomic mass is 9.90. The minimum atomic E-state index is -4.83. The van der Waals surface area contributed by atoms with Crippen LogP contribution in [0.15, 0.2) is 47.4 Å². The summed E-state index contributed by atoms with van der Waals surface area (Å²) in [7, 11) is 0. The fraction of sp³-hybridized carbons (Fsp3) is 0.375. The largest absolute Gasteiger partial charge is 0.473 e. The molecule has 0 spiro atoms. The summed E-state index contributed by atoms with van der Waals surface area (Å²) >= 11 is 0. The number of fused-ring (bicyclic) bond motifs is 3. The van der Waals surface area contributed by atoms with Crippen molar-refractivity contribution in [1.29, 1.82) is 0 Å². The minimum Gasteiger partial charge on any atom is -0.473 e. The third-order valence-corrected chi connectivity index (χ3v) is 6.39. The molecule has 7 nitrogen and oxygen atoms in total. The van der Waals surface area contributed by atoms with Crippen LogP contribution < -0.4 is 20.1 Å². The summed E-state index contributed by atoms with van der Waals surface area (Å²) in [5.41, 5.74) is -1.22. The molecule has 3 aromatic rings. The van der Waals surface area contributed by atoms with E-state index in [1.54, 1.807) is 16.7 Å². The summed E-state index contributed by atoms with van der Waals surface area (Å²) in [5, 5.41) is 0. The maximum Gasteiger partial charge on any atom is 0.419 e. The Kier molecular flexibility index (Phi) is 5.65. The van der Waals surface area contributed by atoms with Crippen LogP contribution in [0, 0.1) is 5.82 Å². The quantitative estimate of drug-likeness (QED) is 0.473. The molecule has 11 heteroatoms. The molecule has 0 N–H and O–H groups in total. The molecule has 4 heterocycles. The van der Waals surface area contributed by atoms with E-state index < -0.39 is 17.6 Å². The van der Waals surface area contributed by atoms with E-state index in [9.17, 15) is 22.4 Å². The van der Waals surface area contributed by atoms with Gasteiger partial charge in [0.25, 0.3) is 0 Å². The van der Waals surface area contributed by atoms with Gasteiger partial charge in [-0.25, -0.2) is 14.2 Å². The van der Waals surface area contributed by atoms with Gasteiger partial charge in [-0.15, -0.1) is 0 Å².